The number of hydrogen-bond donors (Lipinski definition) is 1. The van der Waals surface area contributed by atoms with Gasteiger partial charge < -0.3 is 15.0 Å². The molecule has 1 heterocycles. The van der Waals surface area contributed by atoms with Crippen molar-refractivity contribution in [2.45, 2.75) is 64.6 Å². The van der Waals surface area contributed by atoms with E-state index in [1.54, 1.807) is 11.0 Å². The van der Waals surface area contributed by atoms with Crippen molar-refractivity contribution in [2.24, 2.45) is 5.92 Å². The Hall–Kier alpha value is -1.63. The molecule has 2 aliphatic rings. The van der Waals surface area contributed by atoms with Gasteiger partial charge in [-0.25, -0.2) is 9.18 Å². The maximum atomic E-state index is 13.8. The zero-order chi connectivity index (χ0) is 19.8. The molecule has 27 heavy (non-hydrogen) atoms. The van der Waals surface area contributed by atoms with Crippen molar-refractivity contribution in [1.29, 1.82) is 0 Å². The van der Waals surface area contributed by atoms with Gasteiger partial charge in [-0.2, -0.15) is 0 Å². The molecule has 0 saturated heterocycles. The smallest absolute Gasteiger partial charge is 0.407 e. The standard InChI is InChI=1S/C20H26BrFN2O3/c1-20(2,3)27-19(26)23-14-6-4-5-12(7-14)10-24-11-13-8-16(21)17(22)9-15(13)18(24)25/h8-9,12,14H,4-7,10-11H2,1-3H3,(H,23,26)/t12-,14+/m1/s1. The number of ether oxygens (including phenoxy) is 1. The summed E-state index contributed by atoms with van der Waals surface area (Å²) in [4.78, 5) is 26.4. The van der Waals surface area contributed by atoms with Crippen molar-refractivity contribution < 1.29 is 18.7 Å². The predicted molar refractivity (Wildman–Crippen MR) is 104 cm³/mol. The zero-order valence-electron chi connectivity index (χ0n) is 16.0. The van der Waals surface area contributed by atoms with Crippen molar-refractivity contribution in [3.8, 4) is 0 Å². The van der Waals surface area contributed by atoms with Gasteiger partial charge >= 0.3 is 6.09 Å². The van der Waals surface area contributed by atoms with E-state index in [9.17, 15) is 14.0 Å². The van der Waals surface area contributed by atoms with Crippen molar-refractivity contribution in [1.82, 2.24) is 10.2 Å². The lowest BCUT2D eigenvalue weighted by atomic mass is 9.85. The van der Waals surface area contributed by atoms with E-state index in [0.717, 1.165) is 31.2 Å². The quantitative estimate of drug-likeness (QED) is 0.745. The molecule has 148 valence electrons. The summed E-state index contributed by atoms with van der Waals surface area (Å²) < 4.78 is 19.5. The number of fused-ring (bicyclic) bond motifs is 1. The minimum Gasteiger partial charge on any atom is -0.444 e. The van der Waals surface area contributed by atoms with Gasteiger partial charge in [0.15, 0.2) is 0 Å². The Bertz CT molecular complexity index is 747. The van der Waals surface area contributed by atoms with Crippen LogP contribution in [0.1, 0.15) is 62.4 Å². The summed E-state index contributed by atoms with van der Waals surface area (Å²) in [5, 5.41) is 2.95. The Kier molecular flexibility index (Phi) is 5.79. The summed E-state index contributed by atoms with van der Waals surface area (Å²) in [5.74, 6) is -0.216. The molecule has 0 radical (unpaired) electrons. The molecule has 0 spiro atoms. The highest BCUT2D eigenvalue weighted by molar-refractivity contribution is 9.10. The van der Waals surface area contributed by atoms with E-state index in [4.69, 9.17) is 4.74 Å². The lowest BCUT2D eigenvalue weighted by Crippen LogP contribution is -2.43. The maximum absolute atomic E-state index is 13.8. The highest BCUT2D eigenvalue weighted by atomic mass is 79.9. The van der Waals surface area contributed by atoms with E-state index < -0.39 is 17.5 Å². The average molecular weight is 441 g/mol. The van der Waals surface area contributed by atoms with Gasteiger partial charge in [-0.1, -0.05) is 6.42 Å². The predicted octanol–water partition coefficient (Wildman–Crippen LogP) is 4.63. The highest BCUT2D eigenvalue weighted by Gasteiger charge is 2.32. The van der Waals surface area contributed by atoms with Crippen LogP contribution in [0.15, 0.2) is 16.6 Å². The van der Waals surface area contributed by atoms with Crippen LogP contribution < -0.4 is 5.32 Å². The van der Waals surface area contributed by atoms with Crippen LogP contribution in [-0.4, -0.2) is 35.1 Å². The van der Waals surface area contributed by atoms with E-state index in [1.807, 2.05) is 20.8 Å². The Morgan fingerprint density at radius 3 is 2.81 bits per heavy atom. The topological polar surface area (TPSA) is 58.6 Å². The summed E-state index contributed by atoms with van der Waals surface area (Å²) >= 11 is 3.18. The van der Waals surface area contributed by atoms with Crippen LogP contribution in [0.25, 0.3) is 0 Å². The van der Waals surface area contributed by atoms with E-state index >= 15 is 0 Å². The van der Waals surface area contributed by atoms with E-state index in [1.165, 1.54) is 6.07 Å². The Labute approximate surface area is 167 Å². The van der Waals surface area contributed by atoms with Crippen LogP contribution in [0.3, 0.4) is 0 Å². The van der Waals surface area contributed by atoms with Crippen molar-refractivity contribution in [3.63, 3.8) is 0 Å². The van der Waals surface area contributed by atoms with E-state index in [-0.39, 0.29) is 11.9 Å². The number of benzene rings is 1. The fourth-order valence-electron chi connectivity index (χ4n) is 3.89. The third-order valence-corrected chi connectivity index (χ3v) is 5.61. The number of carbonyl (C=O) groups is 2. The molecule has 1 N–H and O–H groups in total. The number of halogens is 2. The second-order valence-corrected chi connectivity index (χ2v) is 9.34. The first-order valence-electron chi connectivity index (χ1n) is 9.39. The largest absolute Gasteiger partial charge is 0.444 e. The lowest BCUT2D eigenvalue weighted by molar-refractivity contribution is 0.0474. The molecule has 5 nitrogen and oxygen atoms in total. The zero-order valence-corrected chi connectivity index (χ0v) is 17.6. The molecule has 1 saturated carbocycles. The van der Waals surface area contributed by atoms with Crippen LogP contribution in [-0.2, 0) is 11.3 Å². The first-order valence-corrected chi connectivity index (χ1v) is 10.2. The van der Waals surface area contributed by atoms with Crippen molar-refractivity contribution in [3.05, 3.63) is 33.5 Å². The number of carbonyl (C=O) groups excluding carboxylic acids is 2. The first-order chi connectivity index (χ1) is 12.6. The summed E-state index contributed by atoms with van der Waals surface area (Å²) in [6.07, 6.45) is 3.36. The molecule has 0 bridgehead atoms. The van der Waals surface area contributed by atoms with Gasteiger partial charge in [-0.3, -0.25) is 4.79 Å². The molecule has 1 aromatic rings. The summed E-state index contributed by atoms with van der Waals surface area (Å²) in [7, 11) is 0. The number of rotatable bonds is 3. The first kappa shape index (κ1) is 20.1. The molecule has 1 fully saturated rings. The van der Waals surface area contributed by atoms with Crippen molar-refractivity contribution >= 4 is 27.9 Å². The van der Waals surface area contributed by atoms with Gasteiger partial charge in [-0.05, 0) is 79.6 Å². The molecule has 0 aromatic heterocycles. The Morgan fingerprint density at radius 1 is 1.37 bits per heavy atom. The normalized spacial score (nSPS) is 22.6. The maximum Gasteiger partial charge on any atom is 0.407 e. The third-order valence-electron chi connectivity index (χ3n) is 5.01. The molecule has 3 rings (SSSR count). The molecule has 2 atom stereocenters. The second-order valence-electron chi connectivity index (χ2n) is 8.48. The lowest BCUT2D eigenvalue weighted by Gasteiger charge is -2.32. The fourth-order valence-corrected chi connectivity index (χ4v) is 4.28. The number of amides is 2. The molecule has 0 unspecified atom stereocenters. The minimum atomic E-state index is -0.518. The van der Waals surface area contributed by atoms with Crippen LogP contribution >= 0.6 is 15.9 Å². The molecule has 1 aliphatic heterocycles. The summed E-state index contributed by atoms with van der Waals surface area (Å²) in [6.45, 7) is 6.66. The van der Waals surface area contributed by atoms with Crippen LogP contribution in [0, 0.1) is 11.7 Å². The number of nitrogens with zero attached hydrogens (tertiary/aromatic N) is 1. The molecular weight excluding hydrogens is 415 g/mol. The summed E-state index contributed by atoms with van der Waals surface area (Å²) in [5.41, 5.74) is 0.789. The second kappa shape index (κ2) is 7.78. The molecule has 7 heteroatoms. The number of alkyl carbamates (subject to hydrolysis) is 1. The number of hydrogen-bond acceptors (Lipinski definition) is 3. The number of nitrogens with one attached hydrogen (secondary N) is 1. The molecule has 1 aliphatic carbocycles. The SMILES string of the molecule is CC(C)(C)OC(=O)N[C@H]1CCC[C@@H](CN2Cc3cc(Br)c(F)cc3C2=O)C1. The average Bonchev–Trinajstić information content (AvgIpc) is 2.82. The van der Waals surface area contributed by atoms with Gasteiger partial charge in [0.05, 0.1) is 4.47 Å². The van der Waals surface area contributed by atoms with Gasteiger partial charge in [0.25, 0.3) is 5.91 Å². The van der Waals surface area contributed by atoms with Gasteiger partial charge in [-0.15, -0.1) is 0 Å². The molecule has 1 aromatic carbocycles. The van der Waals surface area contributed by atoms with Crippen LogP contribution in [0.5, 0.6) is 0 Å². The van der Waals surface area contributed by atoms with Gasteiger partial charge in [0.2, 0.25) is 0 Å². The Balaban J connectivity index is 1.57. The summed E-state index contributed by atoms with van der Waals surface area (Å²) in [6, 6.07) is 3.07. The van der Waals surface area contributed by atoms with Crippen LogP contribution in [0.4, 0.5) is 9.18 Å². The monoisotopic (exact) mass is 440 g/mol. The third kappa shape index (κ3) is 5.00. The molecule has 2 amide bonds. The van der Waals surface area contributed by atoms with Gasteiger partial charge in [0, 0.05) is 24.7 Å². The Morgan fingerprint density at radius 2 is 2.11 bits per heavy atom. The molecular formula is C20H26BrFN2O3. The fraction of sp³-hybridized carbons (Fsp3) is 0.600. The van der Waals surface area contributed by atoms with E-state index in [0.29, 0.717) is 29.0 Å². The van der Waals surface area contributed by atoms with Crippen LogP contribution in [0.2, 0.25) is 0 Å². The van der Waals surface area contributed by atoms with Crippen molar-refractivity contribution in [2.75, 3.05) is 6.54 Å². The van der Waals surface area contributed by atoms with Gasteiger partial charge in [0.1, 0.15) is 11.4 Å². The highest BCUT2D eigenvalue weighted by Crippen LogP contribution is 2.31. The minimum absolute atomic E-state index is 0.0604. The van der Waals surface area contributed by atoms with E-state index in [2.05, 4.69) is 21.2 Å².